The summed E-state index contributed by atoms with van der Waals surface area (Å²) >= 11 is 1.77. The first-order chi connectivity index (χ1) is 14.0. The third-order valence-corrected chi connectivity index (χ3v) is 6.72. The zero-order valence-electron chi connectivity index (χ0n) is 17.5. The number of benzene rings is 1. The maximum Gasteiger partial charge on any atom is 0.251 e. The maximum absolute atomic E-state index is 8.49. The molecule has 2 unspecified atom stereocenters. The molecule has 166 valence electrons. The molecule has 8 nitrogen and oxygen atoms in total. The van der Waals surface area contributed by atoms with E-state index in [1.807, 2.05) is 19.9 Å². The van der Waals surface area contributed by atoms with Crippen LogP contribution in [0.25, 0.3) is 0 Å². The normalized spacial score (nSPS) is 22.6. The van der Waals surface area contributed by atoms with E-state index >= 15 is 0 Å². The molecule has 0 saturated carbocycles. The third-order valence-electron chi connectivity index (χ3n) is 5.77. The Labute approximate surface area is 182 Å². The second-order valence-corrected chi connectivity index (χ2v) is 9.26. The Hall–Kier alpha value is -1.30. The number of nitrogens with zero attached hydrogens (tertiary/aromatic N) is 1. The van der Waals surface area contributed by atoms with Crippen LogP contribution in [-0.2, 0) is 9.47 Å². The van der Waals surface area contributed by atoms with Gasteiger partial charge in [-0.1, -0.05) is 23.5 Å². The van der Waals surface area contributed by atoms with E-state index in [1.165, 1.54) is 16.1 Å². The van der Waals surface area contributed by atoms with Gasteiger partial charge in [0.2, 0.25) is 0 Å². The van der Waals surface area contributed by atoms with Crippen LogP contribution in [0, 0.1) is 15.7 Å². The number of halogens is 1. The molecule has 0 spiro atoms. The SMILES string of the molecule is CCOC1(OCC)C2c3c(OC)cccc3C([n+]3ccsc32)C1(C)C.[O-][Cl+3]([O-])([O-])[O-]. The monoisotopic (exact) mass is 459 g/mol. The van der Waals surface area contributed by atoms with E-state index in [-0.39, 0.29) is 17.4 Å². The van der Waals surface area contributed by atoms with Crippen molar-refractivity contribution in [3.63, 3.8) is 0 Å². The molecule has 3 heterocycles. The van der Waals surface area contributed by atoms with Gasteiger partial charge in [0.1, 0.15) is 11.7 Å². The average Bonchev–Trinajstić information content (AvgIpc) is 3.12. The molecule has 10 heteroatoms. The second kappa shape index (κ2) is 8.33. The summed E-state index contributed by atoms with van der Waals surface area (Å²) in [6.07, 6.45) is 2.20. The lowest BCUT2D eigenvalue weighted by Crippen LogP contribution is -2.71. The number of thiazole rings is 1. The Morgan fingerprint density at radius 3 is 2.23 bits per heavy atom. The van der Waals surface area contributed by atoms with Crippen LogP contribution >= 0.6 is 11.3 Å². The van der Waals surface area contributed by atoms with Crippen LogP contribution in [0.5, 0.6) is 5.75 Å². The van der Waals surface area contributed by atoms with Crippen LogP contribution in [0.2, 0.25) is 0 Å². The summed E-state index contributed by atoms with van der Waals surface area (Å²) in [4.78, 5) is 0. The van der Waals surface area contributed by atoms with Crippen molar-refractivity contribution in [2.45, 2.75) is 45.4 Å². The number of fused-ring (bicyclic) bond motifs is 1. The van der Waals surface area contributed by atoms with Crippen LogP contribution in [0.3, 0.4) is 0 Å². The lowest BCUT2D eigenvalue weighted by molar-refractivity contribution is -2.00. The predicted molar refractivity (Wildman–Crippen MR) is 97.3 cm³/mol. The van der Waals surface area contributed by atoms with Gasteiger partial charge in [-0.15, -0.1) is 10.2 Å². The van der Waals surface area contributed by atoms with Crippen molar-refractivity contribution >= 4 is 11.3 Å². The first-order valence-electron chi connectivity index (χ1n) is 9.58. The fourth-order valence-electron chi connectivity index (χ4n) is 4.95. The number of methoxy groups -OCH3 is 1. The van der Waals surface area contributed by atoms with Crippen LogP contribution in [0.1, 0.15) is 55.8 Å². The molecular weight excluding hydrogens is 434 g/mol. The van der Waals surface area contributed by atoms with Gasteiger partial charge in [0.25, 0.3) is 5.01 Å². The fraction of sp³-hybridized carbons (Fsp3) is 0.550. The maximum atomic E-state index is 8.49. The Morgan fingerprint density at radius 2 is 1.70 bits per heavy atom. The molecule has 0 radical (unpaired) electrons. The Morgan fingerprint density at radius 1 is 1.10 bits per heavy atom. The molecule has 0 amide bonds. The van der Waals surface area contributed by atoms with Gasteiger partial charge >= 0.3 is 0 Å². The highest BCUT2D eigenvalue weighted by molar-refractivity contribution is 7.09. The van der Waals surface area contributed by atoms with E-state index in [9.17, 15) is 0 Å². The lowest BCUT2D eigenvalue weighted by atomic mass is 9.58. The summed E-state index contributed by atoms with van der Waals surface area (Å²) in [5, 5.41) is 3.45. The van der Waals surface area contributed by atoms with E-state index in [1.54, 1.807) is 18.4 Å². The summed E-state index contributed by atoms with van der Waals surface area (Å²) in [5.41, 5.74) is 2.32. The van der Waals surface area contributed by atoms with E-state index < -0.39 is 16.0 Å². The summed E-state index contributed by atoms with van der Waals surface area (Å²) in [6, 6.07) is 6.52. The highest BCUT2D eigenvalue weighted by Crippen LogP contribution is 2.64. The minimum absolute atomic E-state index is 0.00134. The van der Waals surface area contributed by atoms with E-state index in [2.05, 4.69) is 42.1 Å². The Balaban J connectivity index is 0.000000461. The van der Waals surface area contributed by atoms with Crippen LogP contribution in [0.4, 0.5) is 0 Å². The highest BCUT2D eigenvalue weighted by Gasteiger charge is 2.71. The third kappa shape index (κ3) is 3.63. The first-order valence-corrected chi connectivity index (χ1v) is 11.7. The molecule has 2 bridgehead atoms. The molecule has 1 aromatic heterocycles. The van der Waals surface area contributed by atoms with E-state index in [4.69, 9.17) is 32.8 Å². The Kier molecular flexibility index (Phi) is 6.48. The summed E-state index contributed by atoms with van der Waals surface area (Å²) in [7, 11) is -3.20. The molecule has 30 heavy (non-hydrogen) atoms. The zero-order chi connectivity index (χ0) is 22.3. The highest BCUT2D eigenvalue weighted by atomic mass is 35.7. The number of aromatic nitrogens is 1. The van der Waals surface area contributed by atoms with Crippen LogP contribution in [0.15, 0.2) is 29.8 Å². The van der Waals surface area contributed by atoms with E-state index in [0.29, 0.717) is 13.2 Å². The van der Waals surface area contributed by atoms with Crippen molar-refractivity contribution in [2.24, 2.45) is 5.41 Å². The number of ether oxygens (including phenoxy) is 3. The summed E-state index contributed by atoms with van der Waals surface area (Å²) < 4.78 is 55.1. The van der Waals surface area contributed by atoms with Gasteiger partial charge in [-0.05, 0) is 33.8 Å². The van der Waals surface area contributed by atoms with Gasteiger partial charge in [0.15, 0.2) is 18.0 Å². The number of hydrogen-bond donors (Lipinski definition) is 0. The fourth-order valence-corrected chi connectivity index (χ4v) is 5.98. The zero-order valence-corrected chi connectivity index (χ0v) is 19.1. The smallest absolute Gasteiger partial charge is 0.251 e. The second-order valence-electron chi connectivity index (χ2n) is 7.58. The van der Waals surface area contributed by atoms with Gasteiger partial charge in [-0.3, -0.25) is 0 Å². The van der Waals surface area contributed by atoms with Crippen molar-refractivity contribution in [1.82, 2.24) is 0 Å². The molecule has 0 N–H and O–H groups in total. The summed E-state index contributed by atoms with van der Waals surface area (Å²) in [6.45, 7) is 9.86. The van der Waals surface area contributed by atoms with Gasteiger partial charge in [-0.2, -0.15) is 4.57 Å². The average molecular weight is 460 g/mol. The Bertz CT molecular complexity index is 884. The van der Waals surface area contributed by atoms with E-state index in [0.717, 1.165) is 5.75 Å². The molecule has 2 aliphatic heterocycles. The van der Waals surface area contributed by atoms with Gasteiger partial charge < -0.3 is 14.2 Å². The molecule has 5 rings (SSSR count). The van der Waals surface area contributed by atoms with Gasteiger partial charge in [0, 0.05) is 24.3 Å². The number of hydrogen-bond acceptors (Lipinski definition) is 8. The largest absolute Gasteiger partial charge is 0.496 e. The first kappa shape index (κ1) is 23.4. The summed E-state index contributed by atoms with van der Waals surface area (Å²) in [5.74, 6) is 0.221. The molecule has 3 aliphatic rings. The van der Waals surface area contributed by atoms with Gasteiger partial charge in [-0.25, -0.2) is 18.6 Å². The van der Waals surface area contributed by atoms with Crippen LogP contribution in [-0.4, -0.2) is 26.1 Å². The molecule has 1 aromatic carbocycles. The minimum Gasteiger partial charge on any atom is -0.496 e. The van der Waals surface area contributed by atoms with Crippen molar-refractivity contribution in [2.75, 3.05) is 20.3 Å². The molecule has 0 fully saturated rings. The van der Waals surface area contributed by atoms with Crippen molar-refractivity contribution in [3.8, 4) is 5.75 Å². The molecule has 2 aromatic rings. The molecule has 2 atom stereocenters. The molecule has 1 aliphatic carbocycles. The standard InChI is InChI=1S/C20H26NO3S.ClHO4/c1-6-23-20(24-7-2)16-15-13(9-8-10-14(15)22-5)17(19(20,3)4)21-11-12-25-18(16)21;2-1(3,4)5/h8-12,16-17H,6-7H2,1-5H3;(H,2,3,4,5)/q+1;/p-1. The quantitative estimate of drug-likeness (QED) is 0.420. The van der Waals surface area contributed by atoms with Crippen molar-refractivity contribution in [1.29, 1.82) is 0 Å². The van der Waals surface area contributed by atoms with Crippen molar-refractivity contribution < 1.29 is 47.7 Å². The molecular formula is C20H26ClNO7S. The van der Waals surface area contributed by atoms with Gasteiger partial charge in [0.05, 0.1) is 17.9 Å². The minimum atomic E-state index is -4.94. The van der Waals surface area contributed by atoms with Crippen LogP contribution < -0.4 is 27.9 Å². The molecule has 0 saturated heterocycles. The van der Waals surface area contributed by atoms with Crippen molar-refractivity contribution in [3.05, 3.63) is 45.9 Å². The topological polar surface area (TPSA) is 124 Å². The number of rotatable bonds is 5. The predicted octanol–water partition coefficient (Wildman–Crippen LogP) is -0.868. The lowest BCUT2D eigenvalue weighted by Gasteiger charge is -2.56.